The highest BCUT2D eigenvalue weighted by molar-refractivity contribution is 6.11. The van der Waals surface area contributed by atoms with Gasteiger partial charge in [0.25, 0.3) is 0 Å². The van der Waals surface area contributed by atoms with Crippen molar-refractivity contribution >= 4 is 38.9 Å². The number of benzene rings is 8. The Bertz CT molecular complexity index is 2920. The predicted octanol–water partition coefficient (Wildman–Crippen LogP) is 13.1. The number of nitrogens with zero attached hydrogens (tertiary/aromatic N) is 5. The molecule has 11 rings (SSSR count). The van der Waals surface area contributed by atoms with Gasteiger partial charge in [0.1, 0.15) is 0 Å². The van der Waals surface area contributed by atoms with Crippen LogP contribution in [0.2, 0.25) is 0 Å². The molecule has 0 amide bonds. The molecule has 0 saturated carbocycles. The van der Waals surface area contributed by atoms with Gasteiger partial charge in [-0.05, 0) is 47.5 Å². The summed E-state index contributed by atoms with van der Waals surface area (Å²) in [7, 11) is 0. The number of rotatable bonds is 5. The lowest BCUT2D eigenvalue weighted by Gasteiger charge is -2.30. The minimum absolute atomic E-state index is 0.585. The van der Waals surface area contributed by atoms with Crippen LogP contribution < -0.4 is 4.90 Å². The minimum atomic E-state index is 0.585. The van der Waals surface area contributed by atoms with Crippen LogP contribution in [0.3, 0.4) is 0 Å². The first-order valence-electron chi connectivity index (χ1n) is 18.9. The third-order valence-corrected chi connectivity index (χ3v) is 10.8. The number of anilines is 3. The lowest BCUT2D eigenvalue weighted by molar-refractivity contribution is 1.06. The molecule has 0 fully saturated rings. The second kappa shape index (κ2) is 13.0. The maximum absolute atomic E-state index is 5.40. The van der Waals surface area contributed by atoms with E-state index < -0.39 is 0 Å². The molecule has 0 aliphatic carbocycles. The number of hydrogen-bond donors (Lipinski definition) is 0. The van der Waals surface area contributed by atoms with Gasteiger partial charge in [-0.3, -0.25) is 0 Å². The van der Waals surface area contributed by atoms with Gasteiger partial charge in [-0.2, -0.15) is 0 Å². The van der Waals surface area contributed by atoms with Crippen molar-refractivity contribution in [1.29, 1.82) is 0 Å². The van der Waals surface area contributed by atoms with E-state index in [9.17, 15) is 0 Å². The van der Waals surface area contributed by atoms with E-state index in [0.717, 1.165) is 61.6 Å². The molecule has 0 bridgehead atoms. The summed E-state index contributed by atoms with van der Waals surface area (Å²) in [5, 5.41) is 2.37. The number of aromatic nitrogens is 4. The van der Waals surface area contributed by atoms with Gasteiger partial charge in [0.05, 0.1) is 39.3 Å². The molecular weight excluding hydrogens is 683 g/mol. The quantitative estimate of drug-likeness (QED) is 0.178. The molecule has 3 heterocycles. The van der Waals surface area contributed by atoms with E-state index in [1.54, 1.807) is 0 Å². The van der Waals surface area contributed by atoms with Gasteiger partial charge in [-0.1, -0.05) is 164 Å². The van der Waals surface area contributed by atoms with Gasteiger partial charge in [-0.25, -0.2) is 15.0 Å². The van der Waals surface area contributed by atoms with E-state index >= 15 is 0 Å². The van der Waals surface area contributed by atoms with Crippen molar-refractivity contribution in [2.45, 2.75) is 0 Å². The second-order valence-electron chi connectivity index (χ2n) is 14.0. The monoisotopic (exact) mass is 715 g/mol. The Morgan fingerprint density at radius 2 is 0.679 bits per heavy atom. The van der Waals surface area contributed by atoms with Gasteiger partial charge in [0.15, 0.2) is 17.5 Å². The highest BCUT2D eigenvalue weighted by atomic mass is 15.2. The topological polar surface area (TPSA) is 46.8 Å². The maximum Gasteiger partial charge on any atom is 0.168 e. The van der Waals surface area contributed by atoms with Crippen molar-refractivity contribution in [2.24, 2.45) is 0 Å². The van der Waals surface area contributed by atoms with Gasteiger partial charge in [-0.15, -0.1) is 0 Å². The highest BCUT2D eigenvalue weighted by Gasteiger charge is 2.30. The molecule has 0 saturated heterocycles. The van der Waals surface area contributed by atoms with Crippen molar-refractivity contribution in [3.05, 3.63) is 200 Å². The van der Waals surface area contributed by atoms with Gasteiger partial charge >= 0.3 is 0 Å². The fourth-order valence-corrected chi connectivity index (χ4v) is 8.37. The SMILES string of the molecule is c1ccc(-c2nc(-c3ccccc3)nc(-c3c(N4c5ccccc5-c5ccccc5-c5ccccc54)cccc3-n3c4ccccc4c4ccccc43)n2)cc1. The first-order chi connectivity index (χ1) is 27.8. The molecule has 5 heteroatoms. The van der Waals surface area contributed by atoms with Gasteiger partial charge in [0, 0.05) is 33.0 Å². The minimum Gasteiger partial charge on any atom is -0.308 e. The van der Waals surface area contributed by atoms with Crippen LogP contribution in [0.1, 0.15) is 0 Å². The number of para-hydroxylation sites is 4. The Labute approximate surface area is 324 Å². The van der Waals surface area contributed by atoms with E-state index in [-0.39, 0.29) is 0 Å². The Kier molecular flexibility index (Phi) is 7.42. The zero-order valence-electron chi connectivity index (χ0n) is 30.3. The molecule has 0 N–H and O–H groups in total. The largest absolute Gasteiger partial charge is 0.308 e. The van der Waals surface area contributed by atoms with Crippen molar-refractivity contribution in [3.63, 3.8) is 0 Å². The summed E-state index contributed by atoms with van der Waals surface area (Å²) in [5.41, 5.74) is 13.7. The first-order valence-corrected chi connectivity index (χ1v) is 18.9. The molecule has 0 spiro atoms. The van der Waals surface area contributed by atoms with Crippen LogP contribution >= 0.6 is 0 Å². The zero-order chi connectivity index (χ0) is 37.0. The molecule has 56 heavy (non-hydrogen) atoms. The lowest BCUT2D eigenvalue weighted by atomic mass is 9.95. The normalized spacial score (nSPS) is 11.9. The summed E-state index contributed by atoms with van der Waals surface area (Å²) in [6.07, 6.45) is 0. The summed E-state index contributed by atoms with van der Waals surface area (Å²) in [4.78, 5) is 18.3. The van der Waals surface area contributed by atoms with Crippen LogP contribution in [0.15, 0.2) is 200 Å². The van der Waals surface area contributed by atoms with Crippen LogP contribution in [-0.4, -0.2) is 19.5 Å². The highest BCUT2D eigenvalue weighted by Crippen LogP contribution is 2.53. The van der Waals surface area contributed by atoms with E-state index in [0.29, 0.717) is 17.5 Å². The van der Waals surface area contributed by atoms with Gasteiger partial charge < -0.3 is 9.47 Å². The summed E-state index contributed by atoms with van der Waals surface area (Å²) in [6, 6.07) is 70.4. The van der Waals surface area contributed by atoms with E-state index in [1.165, 1.54) is 21.9 Å². The summed E-state index contributed by atoms with van der Waals surface area (Å²) >= 11 is 0. The fraction of sp³-hybridized carbons (Fsp3) is 0. The summed E-state index contributed by atoms with van der Waals surface area (Å²) in [6.45, 7) is 0. The molecule has 2 aromatic heterocycles. The first kappa shape index (κ1) is 31.9. The Morgan fingerprint density at radius 1 is 0.286 bits per heavy atom. The Hall–Kier alpha value is -7.63. The molecule has 1 aliphatic rings. The van der Waals surface area contributed by atoms with E-state index in [4.69, 9.17) is 15.0 Å². The average Bonchev–Trinajstić information content (AvgIpc) is 3.55. The molecule has 8 aromatic carbocycles. The molecular formula is C51H33N5. The molecule has 0 radical (unpaired) electrons. The van der Waals surface area contributed by atoms with Crippen molar-refractivity contribution in [3.8, 4) is 62.1 Å². The smallest absolute Gasteiger partial charge is 0.168 e. The molecule has 0 atom stereocenters. The summed E-state index contributed by atoms with van der Waals surface area (Å²) < 4.78 is 2.38. The fourth-order valence-electron chi connectivity index (χ4n) is 8.37. The zero-order valence-corrected chi connectivity index (χ0v) is 30.3. The van der Waals surface area contributed by atoms with Crippen LogP contribution in [0.5, 0.6) is 0 Å². The molecule has 0 unspecified atom stereocenters. The van der Waals surface area contributed by atoms with Crippen molar-refractivity contribution < 1.29 is 0 Å². The molecule has 5 nitrogen and oxygen atoms in total. The third kappa shape index (κ3) is 5.06. The summed E-state index contributed by atoms with van der Waals surface area (Å²) in [5.74, 6) is 1.81. The van der Waals surface area contributed by atoms with Crippen LogP contribution in [0.25, 0.3) is 83.9 Å². The third-order valence-electron chi connectivity index (χ3n) is 10.8. The van der Waals surface area contributed by atoms with Crippen LogP contribution in [0.4, 0.5) is 17.1 Å². The Morgan fingerprint density at radius 3 is 1.21 bits per heavy atom. The van der Waals surface area contributed by atoms with E-state index in [2.05, 4.69) is 173 Å². The van der Waals surface area contributed by atoms with Gasteiger partial charge in [0.2, 0.25) is 0 Å². The number of hydrogen-bond acceptors (Lipinski definition) is 4. The lowest BCUT2D eigenvalue weighted by Crippen LogP contribution is -2.14. The second-order valence-corrected chi connectivity index (χ2v) is 14.0. The molecule has 262 valence electrons. The molecule has 1 aliphatic heterocycles. The van der Waals surface area contributed by atoms with E-state index in [1.807, 2.05) is 36.4 Å². The average molecular weight is 716 g/mol. The Balaban J connectivity index is 1.30. The molecule has 10 aromatic rings. The number of fused-ring (bicyclic) bond motifs is 8. The standard InChI is InChI=1S/C51H33N5/c1-3-18-34(19-4-1)49-52-50(35-20-5-2-6-21-35)54-51(53-49)48-46(32-17-33-47(48)56-44-30-15-11-26-40(44)41-27-12-16-31-45(41)56)55-42-28-13-9-24-38(42)36-22-7-8-23-37(36)39-25-10-14-29-43(39)55/h1-33H. The van der Waals surface area contributed by atoms with Crippen LogP contribution in [-0.2, 0) is 0 Å². The van der Waals surface area contributed by atoms with Crippen LogP contribution in [0, 0.1) is 0 Å². The maximum atomic E-state index is 5.40. The predicted molar refractivity (Wildman–Crippen MR) is 230 cm³/mol. The van der Waals surface area contributed by atoms with Crippen molar-refractivity contribution in [2.75, 3.05) is 4.90 Å². The van der Waals surface area contributed by atoms with Crippen molar-refractivity contribution in [1.82, 2.24) is 19.5 Å².